The minimum atomic E-state index is -4.39. The first-order valence-electron chi connectivity index (χ1n) is 11.9. The van der Waals surface area contributed by atoms with E-state index in [1.807, 2.05) is 62.4 Å². The Kier molecular flexibility index (Phi) is 9.05. The first-order chi connectivity index (χ1) is 16.5. The van der Waals surface area contributed by atoms with E-state index in [-0.39, 0.29) is 0 Å². The summed E-state index contributed by atoms with van der Waals surface area (Å²) in [5.74, 6) is -0.00585. The molecule has 1 atom stereocenters. The second kappa shape index (κ2) is 12.0. The van der Waals surface area contributed by atoms with Crippen LogP contribution in [0.1, 0.15) is 56.3 Å². The predicted octanol–water partition coefficient (Wildman–Crippen LogP) is 6.74. The van der Waals surface area contributed by atoms with E-state index in [1.54, 1.807) is 24.3 Å². The maximum Gasteiger partial charge on any atom is 0.352 e. The van der Waals surface area contributed by atoms with E-state index in [2.05, 4.69) is 22.9 Å². The maximum absolute atomic E-state index is 12.1. The molecule has 0 radical (unpaired) electrons. The quantitative estimate of drug-likeness (QED) is 0.231. The van der Waals surface area contributed by atoms with E-state index >= 15 is 0 Å². The summed E-state index contributed by atoms with van der Waals surface area (Å²) in [5.41, 5.74) is 4.43. The van der Waals surface area contributed by atoms with Gasteiger partial charge in [0.2, 0.25) is 0 Å². The van der Waals surface area contributed by atoms with Gasteiger partial charge in [-0.3, -0.25) is 4.57 Å². The molecule has 0 spiro atoms. The average Bonchev–Trinajstić information content (AvgIpc) is 3.20. The van der Waals surface area contributed by atoms with Gasteiger partial charge in [0, 0.05) is 18.7 Å². The van der Waals surface area contributed by atoms with Crippen molar-refractivity contribution in [3.8, 4) is 0 Å². The van der Waals surface area contributed by atoms with Gasteiger partial charge in [0.1, 0.15) is 5.82 Å². The fourth-order valence-corrected chi connectivity index (χ4v) is 4.75. The van der Waals surface area contributed by atoms with Crippen LogP contribution in [-0.4, -0.2) is 19.3 Å². The predicted molar refractivity (Wildman–Crippen MR) is 140 cm³/mol. The van der Waals surface area contributed by atoms with Crippen LogP contribution >= 0.6 is 7.60 Å². The van der Waals surface area contributed by atoms with Crippen molar-refractivity contribution in [1.29, 1.82) is 0 Å². The smallest absolute Gasteiger partial charge is 0.352 e. The highest BCUT2D eigenvalue weighted by atomic mass is 31.2. The molecular formula is C27H34N3O3P. The second-order valence-electron chi connectivity index (χ2n) is 7.95. The Hall–Kier alpha value is -2.92. The molecule has 0 aliphatic heterocycles. The molecule has 4 aromatic rings. The number of hydrogen-bond acceptors (Lipinski definition) is 3. The number of fused-ring (bicyclic) bond motifs is 1. The highest BCUT2D eigenvalue weighted by Gasteiger charge is 2.30. The van der Waals surface area contributed by atoms with Crippen molar-refractivity contribution in [1.82, 2.24) is 9.55 Å². The van der Waals surface area contributed by atoms with Crippen LogP contribution in [0, 0.1) is 0 Å². The molecule has 4 rings (SSSR count). The maximum atomic E-state index is 12.1. The fraction of sp³-hybridized carbons (Fsp3) is 0.296. The lowest BCUT2D eigenvalue weighted by Crippen LogP contribution is -2.11. The zero-order valence-electron chi connectivity index (χ0n) is 20.1. The first kappa shape index (κ1) is 25.7. The Bertz CT molecular complexity index is 1220. The number of benzene rings is 3. The normalized spacial score (nSPS) is 12.1. The van der Waals surface area contributed by atoms with Crippen LogP contribution in [0.15, 0.2) is 78.9 Å². The number of rotatable bonds is 9. The number of para-hydroxylation sites is 2. The number of unbranched alkanes of at least 4 members (excludes halogenated alkanes) is 1. The topological polar surface area (TPSA) is 87.4 Å². The number of anilines is 1. The standard InChI is InChI=1S/C25H28N3O3P.C2H6/c1-2-3-13-24-27-22-11-7-8-12-23(22)28(24)18-19-14-16-21(17-15-19)26-25(32(29,30)31)20-9-5-4-6-10-20;1-2/h4-12,14-17,25-26H,2-3,13,18H2,1H3,(H2,29,30,31);1-2H3. The number of imidazole rings is 1. The van der Waals surface area contributed by atoms with Gasteiger partial charge < -0.3 is 19.7 Å². The van der Waals surface area contributed by atoms with E-state index in [0.29, 0.717) is 17.8 Å². The van der Waals surface area contributed by atoms with Gasteiger partial charge in [-0.1, -0.05) is 81.8 Å². The SMILES string of the molecule is CC.CCCCc1nc2ccccc2n1Cc1ccc(NC(c2ccccc2)P(=O)(O)O)cc1. The highest BCUT2D eigenvalue weighted by Crippen LogP contribution is 2.51. The Morgan fingerprint density at radius 1 is 0.941 bits per heavy atom. The van der Waals surface area contributed by atoms with E-state index in [4.69, 9.17) is 4.98 Å². The van der Waals surface area contributed by atoms with Crippen molar-refractivity contribution in [2.75, 3.05) is 5.32 Å². The number of nitrogens with zero attached hydrogens (tertiary/aromatic N) is 2. The van der Waals surface area contributed by atoms with Crippen LogP contribution in [0.5, 0.6) is 0 Å². The lowest BCUT2D eigenvalue weighted by Gasteiger charge is -2.21. The largest absolute Gasteiger partial charge is 0.368 e. The van der Waals surface area contributed by atoms with E-state index in [9.17, 15) is 14.4 Å². The van der Waals surface area contributed by atoms with Crippen molar-refractivity contribution in [2.45, 2.75) is 52.4 Å². The Morgan fingerprint density at radius 3 is 2.24 bits per heavy atom. The van der Waals surface area contributed by atoms with E-state index in [1.165, 1.54) is 0 Å². The minimum Gasteiger partial charge on any atom is -0.368 e. The van der Waals surface area contributed by atoms with E-state index < -0.39 is 13.4 Å². The second-order valence-corrected chi connectivity index (χ2v) is 9.64. The summed E-state index contributed by atoms with van der Waals surface area (Å²) in [6.45, 7) is 6.87. The summed E-state index contributed by atoms with van der Waals surface area (Å²) in [4.78, 5) is 24.5. The fourth-order valence-electron chi connectivity index (χ4n) is 3.87. The van der Waals surface area contributed by atoms with Crippen LogP contribution in [0.3, 0.4) is 0 Å². The Labute approximate surface area is 201 Å². The number of hydrogen-bond donors (Lipinski definition) is 3. The highest BCUT2D eigenvalue weighted by molar-refractivity contribution is 7.52. The van der Waals surface area contributed by atoms with Crippen molar-refractivity contribution in [3.63, 3.8) is 0 Å². The van der Waals surface area contributed by atoms with Gasteiger partial charge in [-0.2, -0.15) is 0 Å². The summed E-state index contributed by atoms with van der Waals surface area (Å²) in [7, 11) is -4.39. The molecule has 1 heterocycles. The van der Waals surface area contributed by atoms with Crippen LogP contribution in [-0.2, 0) is 17.5 Å². The molecule has 0 aliphatic rings. The van der Waals surface area contributed by atoms with E-state index in [0.717, 1.165) is 41.7 Å². The summed E-state index contributed by atoms with van der Waals surface area (Å²) in [5, 5.41) is 3.01. The van der Waals surface area contributed by atoms with Gasteiger partial charge >= 0.3 is 7.60 Å². The monoisotopic (exact) mass is 479 g/mol. The molecule has 1 aromatic heterocycles. The van der Waals surface area contributed by atoms with Gasteiger partial charge in [0.05, 0.1) is 11.0 Å². The van der Waals surface area contributed by atoms with Crippen LogP contribution in [0.4, 0.5) is 5.69 Å². The lowest BCUT2D eigenvalue weighted by molar-refractivity contribution is 0.363. The summed E-state index contributed by atoms with van der Waals surface area (Å²) in [6.07, 6.45) is 3.15. The van der Waals surface area contributed by atoms with Crippen LogP contribution < -0.4 is 5.32 Å². The minimum absolute atomic E-state index is 0.551. The van der Waals surface area contributed by atoms with Gasteiger partial charge in [-0.15, -0.1) is 0 Å². The third-order valence-electron chi connectivity index (χ3n) is 5.54. The molecule has 0 aliphatic carbocycles. The Morgan fingerprint density at radius 2 is 1.59 bits per heavy atom. The molecule has 3 aromatic carbocycles. The molecule has 7 heteroatoms. The molecule has 0 fully saturated rings. The summed E-state index contributed by atoms with van der Waals surface area (Å²) < 4.78 is 14.3. The molecule has 6 nitrogen and oxygen atoms in total. The molecule has 1 unspecified atom stereocenters. The third kappa shape index (κ3) is 6.35. The van der Waals surface area contributed by atoms with Gasteiger partial charge in [0.25, 0.3) is 0 Å². The zero-order valence-corrected chi connectivity index (χ0v) is 21.0. The van der Waals surface area contributed by atoms with Crippen molar-refractivity contribution in [2.24, 2.45) is 0 Å². The number of aryl methyl sites for hydroxylation is 1. The van der Waals surface area contributed by atoms with Gasteiger partial charge in [-0.05, 0) is 41.8 Å². The van der Waals surface area contributed by atoms with Crippen molar-refractivity contribution < 1.29 is 14.4 Å². The summed E-state index contributed by atoms with van der Waals surface area (Å²) >= 11 is 0. The Balaban J connectivity index is 0.00000158. The molecule has 0 amide bonds. The molecule has 0 saturated heterocycles. The average molecular weight is 480 g/mol. The number of aromatic nitrogens is 2. The molecule has 0 bridgehead atoms. The molecule has 180 valence electrons. The third-order valence-corrected chi connectivity index (χ3v) is 6.64. The zero-order chi connectivity index (χ0) is 24.6. The van der Waals surface area contributed by atoms with Crippen molar-refractivity contribution >= 4 is 24.3 Å². The van der Waals surface area contributed by atoms with Crippen LogP contribution in [0.2, 0.25) is 0 Å². The van der Waals surface area contributed by atoms with Crippen molar-refractivity contribution in [3.05, 3.63) is 95.8 Å². The molecule has 34 heavy (non-hydrogen) atoms. The molecular weight excluding hydrogens is 445 g/mol. The molecule has 3 N–H and O–H groups in total. The lowest BCUT2D eigenvalue weighted by atomic mass is 10.1. The van der Waals surface area contributed by atoms with Crippen LogP contribution in [0.25, 0.3) is 11.0 Å². The van der Waals surface area contributed by atoms with Gasteiger partial charge in [-0.25, -0.2) is 4.98 Å². The first-order valence-corrected chi connectivity index (χ1v) is 13.5. The van der Waals surface area contributed by atoms with Gasteiger partial charge in [0.15, 0.2) is 5.78 Å². The number of nitrogens with one attached hydrogen (secondary N) is 1. The summed E-state index contributed by atoms with van der Waals surface area (Å²) in [6, 6.07) is 24.7. The molecule has 0 saturated carbocycles.